The van der Waals surface area contributed by atoms with Crippen molar-refractivity contribution in [2.75, 3.05) is 6.54 Å². The number of nitrogens with two attached hydrogens (primary N) is 1. The van der Waals surface area contributed by atoms with E-state index in [9.17, 15) is 14.4 Å². The van der Waals surface area contributed by atoms with E-state index in [1.54, 1.807) is 6.07 Å². The lowest BCUT2D eigenvalue weighted by Gasteiger charge is -2.14. The number of hydrogen-bond donors (Lipinski definition) is 2. The van der Waals surface area contributed by atoms with Crippen LogP contribution in [0.2, 0.25) is 0 Å². The minimum absolute atomic E-state index is 0.281. The van der Waals surface area contributed by atoms with Crippen LogP contribution in [0.5, 0.6) is 0 Å². The van der Waals surface area contributed by atoms with Gasteiger partial charge in [0.2, 0.25) is 11.8 Å². The zero-order valence-corrected chi connectivity index (χ0v) is 12.0. The van der Waals surface area contributed by atoms with Crippen molar-refractivity contribution in [3.8, 4) is 11.3 Å². The number of amides is 2. The number of carbonyl (C=O) groups excluding carboxylic acids is 2. The van der Waals surface area contributed by atoms with Gasteiger partial charge < -0.3 is 11.1 Å². The van der Waals surface area contributed by atoms with E-state index in [-0.39, 0.29) is 6.54 Å². The molecule has 22 heavy (non-hydrogen) atoms. The Balaban J connectivity index is 2.29. The van der Waals surface area contributed by atoms with Gasteiger partial charge in [-0.05, 0) is 13.0 Å². The number of nitrogens with zero attached hydrogens (tertiary/aromatic N) is 2. The van der Waals surface area contributed by atoms with Crippen molar-refractivity contribution in [2.24, 2.45) is 5.73 Å². The fourth-order valence-corrected chi connectivity index (χ4v) is 1.90. The molecule has 0 aliphatic carbocycles. The topological polar surface area (TPSA) is 107 Å². The second-order valence-electron chi connectivity index (χ2n) is 4.73. The van der Waals surface area contributed by atoms with E-state index in [4.69, 9.17) is 5.73 Å². The van der Waals surface area contributed by atoms with Gasteiger partial charge in [0.05, 0.1) is 12.2 Å². The molecular weight excluding hydrogens is 284 g/mol. The van der Waals surface area contributed by atoms with Crippen LogP contribution < -0.4 is 16.6 Å². The highest BCUT2D eigenvalue weighted by molar-refractivity contribution is 5.85. The maximum Gasteiger partial charge on any atom is 0.267 e. The second kappa shape index (κ2) is 6.66. The van der Waals surface area contributed by atoms with Gasteiger partial charge in [-0.15, -0.1) is 0 Å². The van der Waals surface area contributed by atoms with Crippen LogP contribution in [0.1, 0.15) is 13.0 Å². The third kappa shape index (κ3) is 3.57. The fourth-order valence-electron chi connectivity index (χ4n) is 1.90. The molecule has 1 unspecified atom stereocenters. The van der Waals surface area contributed by atoms with Crippen LogP contribution in [-0.4, -0.2) is 28.1 Å². The summed E-state index contributed by atoms with van der Waals surface area (Å²) in [5.74, 6) is -1.16. The Labute approximate surface area is 126 Å². The lowest BCUT2D eigenvalue weighted by atomic mass is 10.1. The molecule has 1 heterocycles. The highest BCUT2D eigenvalue weighted by atomic mass is 16.2. The van der Waals surface area contributed by atoms with E-state index in [1.807, 2.05) is 30.3 Å². The first-order valence-electron chi connectivity index (χ1n) is 6.70. The van der Waals surface area contributed by atoms with E-state index < -0.39 is 23.4 Å². The second-order valence-corrected chi connectivity index (χ2v) is 4.73. The largest absolute Gasteiger partial charge is 0.368 e. The molecule has 0 fully saturated rings. The molecule has 0 saturated heterocycles. The van der Waals surface area contributed by atoms with Crippen LogP contribution in [0.4, 0.5) is 0 Å². The van der Waals surface area contributed by atoms with Crippen LogP contribution in [0, 0.1) is 0 Å². The summed E-state index contributed by atoms with van der Waals surface area (Å²) < 4.78 is 1.08. The van der Waals surface area contributed by atoms with E-state index in [0.29, 0.717) is 5.69 Å². The van der Waals surface area contributed by atoms with Crippen LogP contribution in [0.15, 0.2) is 47.3 Å². The van der Waals surface area contributed by atoms with Gasteiger partial charge >= 0.3 is 0 Å². The molecule has 0 aliphatic heterocycles. The predicted octanol–water partition coefficient (Wildman–Crippen LogP) is 0.0728. The van der Waals surface area contributed by atoms with E-state index in [0.717, 1.165) is 10.2 Å². The summed E-state index contributed by atoms with van der Waals surface area (Å²) in [6.45, 7) is 1.25. The summed E-state index contributed by atoms with van der Waals surface area (Å²) in [6, 6.07) is 11.4. The summed E-state index contributed by atoms with van der Waals surface area (Å²) in [5.41, 5.74) is 5.98. The third-order valence-corrected chi connectivity index (χ3v) is 3.08. The molecule has 7 nitrogen and oxygen atoms in total. The summed E-state index contributed by atoms with van der Waals surface area (Å²) in [4.78, 5) is 34.5. The Morgan fingerprint density at radius 3 is 2.55 bits per heavy atom. The molecule has 2 amide bonds. The third-order valence-electron chi connectivity index (χ3n) is 3.08. The minimum Gasteiger partial charge on any atom is -0.368 e. The number of nitrogens with one attached hydrogen (secondary N) is 1. The average molecular weight is 300 g/mol. The number of aromatic nitrogens is 2. The summed E-state index contributed by atoms with van der Waals surface area (Å²) in [6.07, 6.45) is 0. The molecule has 0 bridgehead atoms. The van der Waals surface area contributed by atoms with Gasteiger partial charge in [-0.1, -0.05) is 30.3 Å². The molecule has 7 heteroatoms. The number of carbonyl (C=O) groups is 2. The van der Waals surface area contributed by atoms with Gasteiger partial charge in [-0.25, -0.2) is 4.68 Å². The van der Waals surface area contributed by atoms with E-state index in [1.165, 1.54) is 13.0 Å². The minimum atomic E-state index is -0.851. The van der Waals surface area contributed by atoms with Crippen molar-refractivity contribution in [1.29, 1.82) is 0 Å². The van der Waals surface area contributed by atoms with Crippen LogP contribution in [0.3, 0.4) is 0 Å². The van der Waals surface area contributed by atoms with Crippen LogP contribution in [-0.2, 0) is 9.59 Å². The van der Waals surface area contributed by atoms with Crippen LogP contribution in [0.25, 0.3) is 11.3 Å². The molecule has 3 N–H and O–H groups in total. The Morgan fingerprint density at radius 2 is 1.91 bits per heavy atom. The molecule has 0 saturated carbocycles. The van der Waals surface area contributed by atoms with Crippen molar-refractivity contribution >= 4 is 11.8 Å². The molecule has 2 rings (SSSR count). The molecular formula is C15H16N4O3. The molecule has 1 aromatic heterocycles. The molecule has 0 aliphatic rings. The van der Waals surface area contributed by atoms with Gasteiger partial charge in [0, 0.05) is 11.6 Å². The summed E-state index contributed by atoms with van der Waals surface area (Å²) in [5, 5.41) is 6.57. The van der Waals surface area contributed by atoms with Crippen molar-refractivity contribution in [3.05, 3.63) is 52.8 Å². The standard InChI is InChI=1S/C15H16N4O3/c1-10(15(22)17-9-13(16)20)19-14(21)8-7-12(18-19)11-5-3-2-4-6-11/h2-8,10H,9H2,1H3,(H2,16,20)(H,17,22). The molecule has 114 valence electrons. The first-order chi connectivity index (χ1) is 10.5. The van der Waals surface area contributed by atoms with E-state index >= 15 is 0 Å². The van der Waals surface area contributed by atoms with Crippen molar-refractivity contribution in [1.82, 2.24) is 15.1 Å². The number of hydrogen-bond acceptors (Lipinski definition) is 4. The van der Waals surface area contributed by atoms with Crippen LogP contribution >= 0.6 is 0 Å². The zero-order valence-electron chi connectivity index (χ0n) is 12.0. The fraction of sp³-hybridized carbons (Fsp3) is 0.200. The highest BCUT2D eigenvalue weighted by Gasteiger charge is 2.18. The first-order valence-corrected chi connectivity index (χ1v) is 6.70. The normalized spacial score (nSPS) is 11.7. The van der Waals surface area contributed by atoms with Crippen molar-refractivity contribution in [2.45, 2.75) is 13.0 Å². The Morgan fingerprint density at radius 1 is 1.23 bits per heavy atom. The Hall–Kier alpha value is -2.96. The predicted molar refractivity (Wildman–Crippen MR) is 80.8 cm³/mol. The van der Waals surface area contributed by atoms with Crippen molar-refractivity contribution < 1.29 is 9.59 Å². The smallest absolute Gasteiger partial charge is 0.267 e. The molecule has 0 radical (unpaired) electrons. The number of rotatable bonds is 5. The summed E-state index contributed by atoms with van der Waals surface area (Å²) >= 11 is 0. The maximum absolute atomic E-state index is 11.9. The Bertz CT molecular complexity index is 740. The molecule has 1 atom stereocenters. The van der Waals surface area contributed by atoms with Gasteiger partial charge in [-0.2, -0.15) is 5.10 Å². The number of primary amides is 1. The maximum atomic E-state index is 11.9. The lowest BCUT2D eigenvalue weighted by molar-refractivity contribution is -0.127. The monoisotopic (exact) mass is 300 g/mol. The lowest BCUT2D eigenvalue weighted by Crippen LogP contribution is -2.40. The quantitative estimate of drug-likeness (QED) is 0.815. The summed E-state index contributed by atoms with van der Waals surface area (Å²) in [7, 11) is 0. The average Bonchev–Trinajstić information content (AvgIpc) is 2.53. The zero-order chi connectivity index (χ0) is 16.1. The molecule has 2 aromatic rings. The molecule has 0 spiro atoms. The first kappa shape index (κ1) is 15.4. The highest BCUT2D eigenvalue weighted by Crippen LogP contribution is 2.15. The molecule has 1 aromatic carbocycles. The SMILES string of the molecule is CC(C(=O)NCC(N)=O)n1nc(-c2ccccc2)ccc1=O. The Kier molecular flexibility index (Phi) is 4.67. The van der Waals surface area contributed by atoms with Gasteiger partial charge in [0.1, 0.15) is 6.04 Å². The van der Waals surface area contributed by atoms with Gasteiger partial charge in [0.25, 0.3) is 5.56 Å². The van der Waals surface area contributed by atoms with Gasteiger partial charge in [-0.3, -0.25) is 14.4 Å². The van der Waals surface area contributed by atoms with Crippen molar-refractivity contribution in [3.63, 3.8) is 0 Å². The van der Waals surface area contributed by atoms with E-state index in [2.05, 4.69) is 10.4 Å². The van der Waals surface area contributed by atoms with Gasteiger partial charge in [0.15, 0.2) is 0 Å². The number of benzene rings is 1.